The van der Waals surface area contributed by atoms with E-state index in [0.717, 1.165) is 77.0 Å². The smallest absolute Gasteiger partial charge is 0.361 e. The summed E-state index contributed by atoms with van der Waals surface area (Å²) in [5.41, 5.74) is 0. The Bertz CT molecular complexity index is 1810. The molecular formula is C84H152NO8+. The van der Waals surface area contributed by atoms with Gasteiger partial charge in [-0.05, 0) is 89.9 Å². The largest absolute Gasteiger partial charge is 0.477 e. The average molecular weight is 1300 g/mol. The molecule has 0 amide bonds. The van der Waals surface area contributed by atoms with E-state index in [-0.39, 0.29) is 38.2 Å². The summed E-state index contributed by atoms with van der Waals surface area (Å²) in [5.74, 6) is -1.98. The third-order valence-electron chi connectivity index (χ3n) is 17.6. The molecule has 0 radical (unpaired) electrons. The van der Waals surface area contributed by atoms with Crippen molar-refractivity contribution in [3.05, 3.63) is 85.1 Å². The van der Waals surface area contributed by atoms with Gasteiger partial charge in [-0.25, -0.2) is 4.79 Å². The molecule has 9 heteroatoms. The molecule has 0 bridgehead atoms. The maximum Gasteiger partial charge on any atom is 0.361 e. The van der Waals surface area contributed by atoms with Crippen LogP contribution in [0, 0.1) is 0 Å². The molecule has 0 spiro atoms. The summed E-state index contributed by atoms with van der Waals surface area (Å²) >= 11 is 0. The zero-order chi connectivity index (χ0) is 67.5. The quantitative estimate of drug-likeness (QED) is 0.0211. The Hall–Kier alpha value is -3.53. The van der Waals surface area contributed by atoms with E-state index in [1.54, 1.807) is 0 Å². The second-order valence-corrected chi connectivity index (χ2v) is 28.0. The van der Waals surface area contributed by atoms with E-state index >= 15 is 0 Å². The van der Waals surface area contributed by atoms with Crippen LogP contribution in [0.1, 0.15) is 373 Å². The van der Waals surface area contributed by atoms with Crippen LogP contribution in [0.5, 0.6) is 0 Å². The van der Waals surface area contributed by atoms with Crippen LogP contribution in [0.3, 0.4) is 0 Å². The molecule has 0 aliphatic carbocycles. The van der Waals surface area contributed by atoms with Crippen LogP contribution in [0.2, 0.25) is 0 Å². The number of carbonyl (C=O) groups excluding carboxylic acids is 2. The monoisotopic (exact) mass is 1300 g/mol. The Morgan fingerprint density at radius 3 is 0.914 bits per heavy atom. The topological polar surface area (TPSA) is 108 Å². The minimum absolute atomic E-state index is 0.179. The molecule has 0 aromatic heterocycles. The summed E-state index contributed by atoms with van der Waals surface area (Å²) in [7, 11) is 5.99. The number of esters is 2. The molecule has 0 saturated carbocycles. The van der Waals surface area contributed by atoms with E-state index in [4.69, 9.17) is 18.9 Å². The van der Waals surface area contributed by atoms with Crippen molar-refractivity contribution >= 4 is 17.9 Å². The maximum atomic E-state index is 13.0. The van der Waals surface area contributed by atoms with Crippen molar-refractivity contribution in [1.82, 2.24) is 0 Å². The highest BCUT2D eigenvalue weighted by atomic mass is 16.7. The van der Waals surface area contributed by atoms with Crippen molar-refractivity contribution in [3.8, 4) is 0 Å². The van der Waals surface area contributed by atoms with E-state index < -0.39 is 18.4 Å². The third kappa shape index (κ3) is 75.7. The maximum absolute atomic E-state index is 13.0. The first kappa shape index (κ1) is 89.5. The van der Waals surface area contributed by atoms with Crippen LogP contribution < -0.4 is 0 Å². The van der Waals surface area contributed by atoms with Crippen LogP contribution >= 0.6 is 0 Å². The zero-order valence-electron chi connectivity index (χ0n) is 61.9. The predicted octanol–water partition coefficient (Wildman–Crippen LogP) is 25.4. The van der Waals surface area contributed by atoms with Crippen LogP contribution in [-0.4, -0.2) is 87.4 Å². The summed E-state index contributed by atoms with van der Waals surface area (Å²) in [6, 6.07) is 0. The highest BCUT2D eigenvalue weighted by molar-refractivity contribution is 5.71. The van der Waals surface area contributed by atoms with Gasteiger partial charge in [-0.2, -0.15) is 0 Å². The first-order valence-corrected chi connectivity index (χ1v) is 39.8. The number of carbonyl (C=O) groups is 3. The number of likely N-dealkylation sites (N-methyl/N-ethyl adjacent to an activating group) is 1. The van der Waals surface area contributed by atoms with Gasteiger partial charge in [0.2, 0.25) is 0 Å². The normalized spacial score (nSPS) is 13.1. The lowest BCUT2D eigenvalue weighted by Crippen LogP contribution is -2.40. The van der Waals surface area contributed by atoms with E-state index in [1.165, 1.54) is 270 Å². The molecule has 9 nitrogen and oxygen atoms in total. The first-order chi connectivity index (χ1) is 45.6. The van der Waals surface area contributed by atoms with E-state index in [0.29, 0.717) is 17.4 Å². The molecule has 0 rings (SSSR count). The number of quaternary nitrogens is 1. The van der Waals surface area contributed by atoms with Crippen molar-refractivity contribution in [2.75, 3.05) is 47.5 Å². The fourth-order valence-electron chi connectivity index (χ4n) is 11.6. The molecule has 540 valence electrons. The van der Waals surface area contributed by atoms with Crippen molar-refractivity contribution in [2.24, 2.45) is 0 Å². The number of carboxylic acid groups (broad SMARTS) is 1. The average Bonchev–Trinajstić information content (AvgIpc) is 3.74. The lowest BCUT2D eigenvalue weighted by molar-refractivity contribution is -0.870. The van der Waals surface area contributed by atoms with E-state index in [2.05, 4.69) is 98.9 Å². The summed E-state index contributed by atoms with van der Waals surface area (Å²) < 4.78 is 23.1. The molecule has 0 saturated heterocycles. The van der Waals surface area contributed by atoms with Gasteiger partial charge < -0.3 is 28.5 Å². The minimum Gasteiger partial charge on any atom is -0.477 e. The number of nitrogens with zero attached hydrogens (tertiary/aromatic N) is 1. The van der Waals surface area contributed by atoms with Gasteiger partial charge in [0, 0.05) is 12.8 Å². The molecule has 0 aliphatic heterocycles. The van der Waals surface area contributed by atoms with E-state index in [1.807, 2.05) is 21.1 Å². The fourth-order valence-corrected chi connectivity index (χ4v) is 11.6. The Kier molecular flexibility index (Phi) is 71.4. The molecule has 0 aromatic rings. The third-order valence-corrected chi connectivity index (χ3v) is 17.6. The standard InChI is InChI=1S/C84H151NO8/c1-6-8-10-12-14-16-18-20-22-24-26-28-30-32-34-36-38-40-41-43-45-47-49-51-53-55-57-59-61-63-65-67-69-71-73-75-82(87)93-80(79-92-84(83(88)89)90-77-76-85(3,4)5)78-91-81(86)74-72-70-68-66-64-62-60-58-56-54-52-50-48-46-44-42-39-37-35-33-31-29-27-25-23-21-19-17-15-13-11-9-7-2/h8,10,14,16,19-22,25-28,32,34,80,84H,6-7,9,11-13,15,17-18,23-24,29-31,33,35-79H2,1-5H3/p+1/b10-8-,16-14-,21-19-,22-20-,27-25-,28-26-,34-32-. The first-order valence-electron chi connectivity index (χ1n) is 39.8. The highest BCUT2D eigenvalue weighted by Crippen LogP contribution is 2.19. The second-order valence-electron chi connectivity index (χ2n) is 28.0. The van der Waals surface area contributed by atoms with Crippen LogP contribution in [0.4, 0.5) is 0 Å². The number of hydrogen-bond donors (Lipinski definition) is 1. The van der Waals surface area contributed by atoms with Crippen molar-refractivity contribution < 1.29 is 42.9 Å². The molecule has 1 N–H and O–H groups in total. The second kappa shape index (κ2) is 74.3. The number of allylic oxidation sites excluding steroid dienone is 14. The molecular weight excluding hydrogens is 1150 g/mol. The lowest BCUT2D eigenvalue weighted by Gasteiger charge is -2.25. The van der Waals surface area contributed by atoms with Gasteiger partial charge in [0.1, 0.15) is 13.2 Å². The van der Waals surface area contributed by atoms with Gasteiger partial charge in [-0.3, -0.25) is 9.59 Å². The number of unbranched alkanes of at least 4 members (excludes halogenated alkanes) is 45. The molecule has 2 unspecified atom stereocenters. The van der Waals surface area contributed by atoms with Gasteiger partial charge in [-0.1, -0.05) is 356 Å². The van der Waals surface area contributed by atoms with Crippen LogP contribution in [0.25, 0.3) is 0 Å². The molecule has 0 heterocycles. The van der Waals surface area contributed by atoms with Crippen LogP contribution in [0.15, 0.2) is 85.1 Å². The summed E-state index contributed by atoms with van der Waals surface area (Å²) in [4.78, 5) is 37.7. The van der Waals surface area contributed by atoms with Gasteiger partial charge >= 0.3 is 17.9 Å². The van der Waals surface area contributed by atoms with Crippen molar-refractivity contribution in [2.45, 2.75) is 386 Å². The van der Waals surface area contributed by atoms with Gasteiger partial charge in [0.25, 0.3) is 6.29 Å². The Labute approximate surface area is 576 Å². The number of aliphatic carboxylic acids is 1. The van der Waals surface area contributed by atoms with Gasteiger partial charge in [-0.15, -0.1) is 0 Å². The Morgan fingerprint density at radius 2 is 0.613 bits per heavy atom. The van der Waals surface area contributed by atoms with Crippen molar-refractivity contribution in [3.63, 3.8) is 0 Å². The van der Waals surface area contributed by atoms with Gasteiger partial charge in [0.05, 0.1) is 34.4 Å². The summed E-state index contributed by atoms with van der Waals surface area (Å²) in [5, 5.41) is 9.77. The highest BCUT2D eigenvalue weighted by Gasteiger charge is 2.25. The zero-order valence-corrected chi connectivity index (χ0v) is 61.9. The molecule has 0 fully saturated rings. The van der Waals surface area contributed by atoms with E-state index in [9.17, 15) is 19.5 Å². The fraction of sp³-hybridized carbons (Fsp3) is 0.798. The minimum atomic E-state index is -1.51. The SMILES string of the molecule is CC/C=C\C/C=C\C/C=C\C/C=C\C/C=C\CCCCCCCCCCCCCCCCCCCCCC(=O)OC(COC(=O)CCCCCCCCCCCCCCCCCCCCCCC/C=C\C/C=C\CCCCCCC)COC(OCC[N+](C)(C)C)C(=O)O. The summed E-state index contributed by atoms with van der Waals surface area (Å²) in [6.07, 6.45) is 98.8. The van der Waals surface area contributed by atoms with Gasteiger partial charge in [0.15, 0.2) is 6.10 Å². The molecule has 2 atom stereocenters. The summed E-state index contributed by atoms with van der Waals surface area (Å²) in [6.45, 7) is 4.81. The Morgan fingerprint density at radius 1 is 0.333 bits per heavy atom. The molecule has 0 aliphatic rings. The number of ether oxygens (including phenoxy) is 4. The Balaban J connectivity index is 4.00. The lowest BCUT2D eigenvalue weighted by atomic mass is 10.0. The van der Waals surface area contributed by atoms with Crippen LogP contribution in [-0.2, 0) is 33.3 Å². The number of hydrogen-bond acceptors (Lipinski definition) is 7. The molecule has 0 aromatic carbocycles. The predicted molar refractivity (Wildman–Crippen MR) is 401 cm³/mol. The van der Waals surface area contributed by atoms with Crippen molar-refractivity contribution in [1.29, 1.82) is 0 Å². The molecule has 93 heavy (non-hydrogen) atoms. The number of carboxylic acids is 1. The number of rotatable bonds is 74.